The van der Waals surface area contributed by atoms with E-state index < -0.39 is 15.7 Å². The summed E-state index contributed by atoms with van der Waals surface area (Å²) in [5.74, 6) is -1.12. The Morgan fingerprint density at radius 2 is 1.96 bits per heavy atom. The third-order valence-electron chi connectivity index (χ3n) is 3.16. The number of carbonyl (C=O) groups is 1. The Labute approximate surface area is 144 Å². The van der Waals surface area contributed by atoms with Crippen molar-refractivity contribution in [2.24, 2.45) is 0 Å². The molecule has 0 aliphatic rings. The molecular formula is C15H18FN3O3S2. The van der Waals surface area contributed by atoms with Gasteiger partial charge in [0, 0.05) is 13.1 Å². The number of benzene rings is 1. The van der Waals surface area contributed by atoms with Crippen LogP contribution in [0.15, 0.2) is 29.2 Å². The number of rotatable bonds is 7. The summed E-state index contributed by atoms with van der Waals surface area (Å²) < 4.78 is 37.1. The maximum Gasteiger partial charge on any atom is 0.263 e. The number of hydrogen-bond donors (Lipinski definition) is 2. The number of sulfone groups is 1. The first-order valence-corrected chi connectivity index (χ1v) is 9.78. The van der Waals surface area contributed by atoms with E-state index in [1.807, 2.05) is 6.92 Å². The Morgan fingerprint density at radius 3 is 2.58 bits per heavy atom. The van der Waals surface area contributed by atoms with Crippen molar-refractivity contribution >= 4 is 32.2 Å². The molecular weight excluding hydrogens is 353 g/mol. The van der Waals surface area contributed by atoms with E-state index in [9.17, 15) is 17.6 Å². The molecule has 1 aromatic heterocycles. The quantitative estimate of drug-likeness (QED) is 0.729. The maximum atomic E-state index is 12.9. The first-order chi connectivity index (χ1) is 11.3. The molecule has 0 saturated carbocycles. The van der Waals surface area contributed by atoms with E-state index in [2.05, 4.69) is 15.6 Å². The van der Waals surface area contributed by atoms with Crippen molar-refractivity contribution in [3.05, 3.63) is 40.7 Å². The molecule has 0 aliphatic heterocycles. The number of amides is 1. The number of hydrogen-bond acceptors (Lipinski definition) is 6. The molecule has 2 N–H and O–H groups in total. The summed E-state index contributed by atoms with van der Waals surface area (Å²) in [4.78, 5) is 16.8. The normalized spacial score (nSPS) is 11.3. The van der Waals surface area contributed by atoms with Gasteiger partial charge in [0.1, 0.15) is 10.7 Å². The number of nitrogens with zero attached hydrogens (tertiary/aromatic N) is 1. The molecule has 2 aromatic rings. The van der Waals surface area contributed by atoms with Gasteiger partial charge < -0.3 is 10.6 Å². The van der Waals surface area contributed by atoms with Crippen LogP contribution in [-0.2, 0) is 9.84 Å². The third-order valence-corrected chi connectivity index (χ3v) is 6.01. The first kappa shape index (κ1) is 18.3. The molecule has 0 saturated heterocycles. The molecule has 0 atom stereocenters. The van der Waals surface area contributed by atoms with Crippen LogP contribution in [0.25, 0.3) is 0 Å². The van der Waals surface area contributed by atoms with Crippen LogP contribution in [0.2, 0.25) is 0 Å². The summed E-state index contributed by atoms with van der Waals surface area (Å²) in [6, 6.07) is 4.61. The largest absolute Gasteiger partial charge is 0.362 e. The monoisotopic (exact) mass is 371 g/mol. The molecule has 0 fully saturated rings. The zero-order chi connectivity index (χ0) is 17.7. The van der Waals surface area contributed by atoms with Gasteiger partial charge in [-0.3, -0.25) is 4.79 Å². The number of nitrogens with one attached hydrogen (secondary N) is 2. The molecule has 0 radical (unpaired) electrons. The minimum absolute atomic E-state index is 0.0292. The van der Waals surface area contributed by atoms with Crippen LogP contribution in [0.4, 0.5) is 9.52 Å². The molecule has 1 heterocycles. The lowest BCUT2D eigenvalue weighted by Crippen LogP contribution is -2.29. The van der Waals surface area contributed by atoms with Crippen LogP contribution in [0.1, 0.15) is 22.3 Å². The molecule has 0 unspecified atom stereocenters. The van der Waals surface area contributed by atoms with E-state index in [1.165, 1.54) is 23.5 Å². The predicted octanol–water partition coefficient (Wildman–Crippen LogP) is 2.23. The van der Waals surface area contributed by atoms with Crippen LogP contribution in [0, 0.1) is 12.7 Å². The molecule has 1 aromatic carbocycles. The molecule has 9 heteroatoms. The van der Waals surface area contributed by atoms with E-state index in [-0.39, 0.29) is 23.1 Å². The summed E-state index contributed by atoms with van der Waals surface area (Å²) >= 11 is 1.22. The van der Waals surface area contributed by atoms with Crippen molar-refractivity contribution in [2.45, 2.75) is 18.7 Å². The average Bonchev–Trinajstić information content (AvgIpc) is 2.88. The molecule has 0 bridgehead atoms. The Morgan fingerprint density at radius 1 is 1.29 bits per heavy atom. The summed E-state index contributed by atoms with van der Waals surface area (Å²) in [6.45, 7) is 4.31. The number of carbonyl (C=O) groups excluding carboxylic acids is 1. The fourth-order valence-electron chi connectivity index (χ4n) is 1.97. The first-order valence-electron chi connectivity index (χ1n) is 7.31. The predicted molar refractivity (Wildman–Crippen MR) is 91.8 cm³/mol. The number of anilines is 1. The highest BCUT2D eigenvalue weighted by Crippen LogP contribution is 2.22. The minimum Gasteiger partial charge on any atom is -0.362 e. The van der Waals surface area contributed by atoms with Gasteiger partial charge >= 0.3 is 0 Å². The number of aromatic nitrogens is 1. The highest BCUT2D eigenvalue weighted by atomic mass is 32.2. The van der Waals surface area contributed by atoms with Crippen molar-refractivity contribution in [3.63, 3.8) is 0 Å². The molecule has 130 valence electrons. The summed E-state index contributed by atoms with van der Waals surface area (Å²) in [7, 11) is -3.57. The van der Waals surface area contributed by atoms with Crippen molar-refractivity contribution in [1.29, 1.82) is 0 Å². The van der Waals surface area contributed by atoms with E-state index in [0.717, 1.165) is 12.1 Å². The van der Waals surface area contributed by atoms with Crippen molar-refractivity contribution in [1.82, 2.24) is 10.3 Å². The van der Waals surface area contributed by atoms with Gasteiger partial charge in [-0.25, -0.2) is 17.8 Å². The summed E-state index contributed by atoms with van der Waals surface area (Å²) in [5.41, 5.74) is 0.592. The zero-order valence-electron chi connectivity index (χ0n) is 13.3. The smallest absolute Gasteiger partial charge is 0.263 e. The van der Waals surface area contributed by atoms with Crippen molar-refractivity contribution in [2.75, 3.05) is 24.2 Å². The lowest BCUT2D eigenvalue weighted by molar-refractivity contribution is 0.0959. The Kier molecular flexibility index (Phi) is 5.89. The topological polar surface area (TPSA) is 88.2 Å². The SMILES string of the molecule is CCNc1nc(C)c(C(=O)NCCS(=O)(=O)c2ccc(F)cc2)s1. The second kappa shape index (κ2) is 7.71. The number of aryl methyl sites for hydroxylation is 1. The summed E-state index contributed by atoms with van der Waals surface area (Å²) in [5, 5.41) is 6.27. The minimum atomic E-state index is -3.57. The Hall–Kier alpha value is -2.00. The molecule has 6 nitrogen and oxygen atoms in total. The highest BCUT2D eigenvalue weighted by molar-refractivity contribution is 7.91. The van der Waals surface area contributed by atoms with Gasteiger partial charge in [-0.05, 0) is 38.1 Å². The standard InChI is InChI=1S/C15H18FN3O3S2/c1-3-17-15-19-10(2)13(23-15)14(20)18-8-9-24(21,22)12-6-4-11(16)5-7-12/h4-7H,3,8-9H2,1-2H3,(H,17,19)(H,18,20). The van der Waals surface area contributed by atoms with E-state index >= 15 is 0 Å². The fraction of sp³-hybridized carbons (Fsp3) is 0.333. The summed E-state index contributed by atoms with van der Waals surface area (Å²) in [6.07, 6.45) is 0. The lowest BCUT2D eigenvalue weighted by atomic mass is 10.4. The lowest BCUT2D eigenvalue weighted by Gasteiger charge is -2.06. The third kappa shape index (κ3) is 4.51. The number of halogens is 1. The van der Waals surface area contributed by atoms with Crippen LogP contribution < -0.4 is 10.6 Å². The van der Waals surface area contributed by atoms with E-state index in [0.29, 0.717) is 22.2 Å². The van der Waals surface area contributed by atoms with Crippen molar-refractivity contribution in [3.8, 4) is 0 Å². The molecule has 0 spiro atoms. The molecule has 1 amide bonds. The Bertz CT molecular complexity index is 817. The second-order valence-corrected chi connectivity index (χ2v) is 8.10. The van der Waals surface area contributed by atoms with Crippen LogP contribution in [0.5, 0.6) is 0 Å². The van der Waals surface area contributed by atoms with Crippen LogP contribution in [-0.4, -0.2) is 38.2 Å². The van der Waals surface area contributed by atoms with Gasteiger partial charge in [0.05, 0.1) is 16.3 Å². The van der Waals surface area contributed by atoms with Crippen molar-refractivity contribution < 1.29 is 17.6 Å². The average molecular weight is 371 g/mol. The van der Waals surface area contributed by atoms with Gasteiger partial charge in [-0.15, -0.1) is 0 Å². The van der Waals surface area contributed by atoms with E-state index in [1.54, 1.807) is 6.92 Å². The van der Waals surface area contributed by atoms with Gasteiger partial charge in [0.25, 0.3) is 5.91 Å². The van der Waals surface area contributed by atoms with Gasteiger partial charge in [-0.1, -0.05) is 11.3 Å². The highest BCUT2D eigenvalue weighted by Gasteiger charge is 2.18. The van der Waals surface area contributed by atoms with Gasteiger partial charge in [-0.2, -0.15) is 0 Å². The van der Waals surface area contributed by atoms with E-state index in [4.69, 9.17) is 0 Å². The molecule has 0 aliphatic carbocycles. The van der Waals surface area contributed by atoms with Gasteiger partial charge in [0.15, 0.2) is 15.0 Å². The Balaban J connectivity index is 1.96. The maximum absolute atomic E-state index is 12.9. The number of thiazole rings is 1. The molecule has 24 heavy (non-hydrogen) atoms. The fourth-order valence-corrected chi connectivity index (χ4v) is 4.08. The second-order valence-electron chi connectivity index (χ2n) is 4.99. The zero-order valence-corrected chi connectivity index (χ0v) is 14.9. The van der Waals surface area contributed by atoms with Gasteiger partial charge in [0.2, 0.25) is 0 Å². The van der Waals surface area contributed by atoms with Crippen LogP contribution in [0.3, 0.4) is 0 Å². The van der Waals surface area contributed by atoms with Crippen LogP contribution >= 0.6 is 11.3 Å². The molecule has 2 rings (SSSR count).